The van der Waals surface area contributed by atoms with E-state index in [0.29, 0.717) is 24.2 Å². The molecule has 11 heteroatoms. The van der Waals surface area contributed by atoms with Crippen molar-refractivity contribution in [3.05, 3.63) is 78.3 Å². The first kappa shape index (κ1) is 28.4. The second kappa shape index (κ2) is 12.2. The van der Waals surface area contributed by atoms with Crippen molar-refractivity contribution in [1.82, 2.24) is 25.5 Å². The molecule has 1 fully saturated rings. The van der Waals surface area contributed by atoms with Gasteiger partial charge in [-0.2, -0.15) is 13.2 Å². The molecule has 216 valence electrons. The summed E-state index contributed by atoms with van der Waals surface area (Å²) in [7, 11) is 0. The Morgan fingerprint density at radius 1 is 1.02 bits per heavy atom. The largest absolute Gasteiger partial charge is 0.405 e. The van der Waals surface area contributed by atoms with Gasteiger partial charge in [0.2, 0.25) is 0 Å². The number of urea groups is 1. The zero-order valence-corrected chi connectivity index (χ0v) is 22.3. The van der Waals surface area contributed by atoms with E-state index in [1.807, 2.05) is 46.3 Å². The van der Waals surface area contributed by atoms with Crippen LogP contribution in [0.1, 0.15) is 48.5 Å². The Morgan fingerprint density at radius 2 is 1.78 bits per heavy atom. The number of amides is 3. The molecule has 2 aliphatic rings. The van der Waals surface area contributed by atoms with Gasteiger partial charge in [-0.1, -0.05) is 43.2 Å². The second-order valence-electron chi connectivity index (χ2n) is 10.5. The highest BCUT2D eigenvalue weighted by Crippen LogP contribution is 2.29. The summed E-state index contributed by atoms with van der Waals surface area (Å²) in [5.74, 6) is -0.0611. The minimum atomic E-state index is -4.48. The van der Waals surface area contributed by atoms with Crippen molar-refractivity contribution in [3.63, 3.8) is 0 Å². The van der Waals surface area contributed by atoms with Crippen LogP contribution in [0.2, 0.25) is 0 Å². The van der Waals surface area contributed by atoms with Crippen LogP contribution in [0.5, 0.6) is 0 Å². The fourth-order valence-electron chi connectivity index (χ4n) is 5.36. The number of rotatable bonds is 7. The number of carbonyl (C=O) groups is 2. The number of hydrogen-bond acceptors (Lipinski definition) is 4. The average molecular weight is 568 g/mol. The number of aliphatic hydroxyl groups is 1. The predicted octanol–water partition coefficient (Wildman–Crippen LogP) is 5.23. The van der Waals surface area contributed by atoms with Gasteiger partial charge in [0.25, 0.3) is 5.91 Å². The van der Waals surface area contributed by atoms with Crippen LogP contribution in [-0.4, -0.2) is 52.0 Å². The molecule has 3 unspecified atom stereocenters. The molecule has 8 nitrogen and oxygen atoms in total. The maximum Gasteiger partial charge on any atom is 0.405 e. The quantitative estimate of drug-likeness (QED) is 0.314. The average Bonchev–Trinajstić information content (AvgIpc) is 3.39. The third-order valence-electron chi connectivity index (χ3n) is 7.59. The van der Waals surface area contributed by atoms with Crippen LogP contribution in [0, 0.1) is 5.92 Å². The van der Waals surface area contributed by atoms with Gasteiger partial charge in [-0.15, -0.1) is 0 Å². The van der Waals surface area contributed by atoms with Crippen molar-refractivity contribution in [2.45, 2.75) is 50.4 Å². The summed E-state index contributed by atoms with van der Waals surface area (Å²) in [6.07, 6.45) is 6.42. The Bertz CT molecular complexity index is 1460. The van der Waals surface area contributed by atoms with Crippen molar-refractivity contribution in [2.75, 3.05) is 13.1 Å². The molecule has 41 heavy (non-hydrogen) atoms. The molecular formula is C30H32F3N5O3. The van der Waals surface area contributed by atoms with Crippen LogP contribution in [0.25, 0.3) is 22.2 Å². The molecule has 1 saturated carbocycles. The van der Waals surface area contributed by atoms with Gasteiger partial charge in [-0.25, -0.2) is 9.78 Å². The van der Waals surface area contributed by atoms with Crippen LogP contribution < -0.4 is 16.0 Å². The van der Waals surface area contributed by atoms with Gasteiger partial charge < -0.3 is 25.6 Å². The number of fused-ring (bicyclic) bond motifs is 1. The van der Waals surface area contributed by atoms with Crippen LogP contribution >= 0.6 is 0 Å². The number of nitrogens with one attached hydrogen (secondary N) is 3. The lowest BCUT2D eigenvalue weighted by Crippen LogP contribution is -2.40. The maximum atomic E-state index is 12.6. The number of benzene rings is 2. The molecular weight excluding hydrogens is 535 g/mol. The van der Waals surface area contributed by atoms with E-state index in [4.69, 9.17) is 0 Å². The number of halogens is 3. The summed E-state index contributed by atoms with van der Waals surface area (Å²) in [5, 5.41) is 17.4. The molecule has 5 rings (SSSR count). The number of allylic oxidation sites excluding steroid dienone is 4. The fourth-order valence-corrected chi connectivity index (χ4v) is 5.36. The fraction of sp³-hybridized carbons (Fsp3) is 0.367. The molecule has 0 spiro atoms. The van der Waals surface area contributed by atoms with Crippen LogP contribution in [0.3, 0.4) is 0 Å². The van der Waals surface area contributed by atoms with E-state index in [-0.39, 0.29) is 24.0 Å². The summed E-state index contributed by atoms with van der Waals surface area (Å²) in [6, 6.07) is 12.1. The zero-order chi connectivity index (χ0) is 29.0. The first-order valence-corrected chi connectivity index (χ1v) is 13.7. The standard InChI is InChI=1S/C30H32F3N5O3/c31-30(32,33)17-35-29(41)37-23-5-3-6-24(15-23)38-18-36-25-14-21(12-13-26(25)38)19-8-10-20(11-9-19)28(40)34-16-22-4-1-2-7-27(22)39/h3,5-6,8-14,18,22,24,27,39H,1-2,4,7,15-17H2,(H,34,40)(H2,35,37,41). The van der Waals surface area contributed by atoms with E-state index < -0.39 is 18.8 Å². The Labute approximate surface area is 235 Å². The molecule has 2 aliphatic carbocycles. The lowest BCUT2D eigenvalue weighted by atomic mass is 9.86. The number of hydrogen-bond donors (Lipinski definition) is 4. The van der Waals surface area contributed by atoms with Crippen molar-refractivity contribution < 1.29 is 27.9 Å². The van der Waals surface area contributed by atoms with Crippen LogP contribution in [0.15, 0.2) is 72.7 Å². The first-order valence-electron chi connectivity index (χ1n) is 13.7. The molecule has 0 radical (unpaired) electrons. The van der Waals surface area contributed by atoms with Gasteiger partial charge in [0.1, 0.15) is 6.54 Å². The van der Waals surface area contributed by atoms with Gasteiger partial charge in [0.05, 0.1) is 29.5 Å². The number of aliphatic hydroxyl groups excluding tert-OH is 1. The molecule has 0 aliphatic heterocycles. The summed E-state index contributed by atoms with van der Waals surface area (Å²) >= 11 is 0. The molecule has 3 amide bonds. The summed E-state index contributed by atoms with van der Waals surface area (Å²) < 4.78 is 39.1. The molecule has 4 N–H and O–H groups in total. The SMILES string of the molecule is O=C(NCC(F)(F)F)NC1=CC=CC(n2cnc3cc(-c4ccc(C(=O)NCC5CCCCC5O)cc4)ccc32)C1. The molecule has 0 bridgehead atoms. The molecule has 3 atom stereocenters. The van der Waals surface area contributed by atoms with Crippen molar-refractivity contribution in [3.8, 4) is 11.1 Å². The highest BCUT2D eigenvalue weighted by Gasteiger charge is 2.28. The van der Waals surface area contributed by atoms with Gasteiger partial charge in [-0.3, -0.25) is 4.79 Å². The van der Waals surface area contributed by atoms with Crippen molar-refractivity contribution in [1.29, 1.82) is 0 Å². The van der Waals surface area contributed by atoms with E-state index in [9.17, 15) is 27.9 Å². The number of nitrogens with zero attached hydrogens (tertiary/aromatic N) is 2. The molecule has 1 aromatic heterocycles. The van der Waals surface area contributed by atoms with E-state index in [0.717, 1.165) is 47.8 Å². The first-order chi connectivity index (χ1) is 19.7. The van der Waals surface area contributed by atoms with Crippen LogP contribution in [0.4, 0.5) is 18.0 Å². The second-order valence-corrected chi connectivity index (χ2v) is 10.5. The van der Waals surface area contributed by atoms with E-state index in [2.05, 4.69) is 15.6 Å². The highest BCUT2D eigenvalue weighted by atomic mass is 19.4. The normalized spacial score (nSPS) is 20.9. The Kier molecular flexibility index (Phi) is 8.44. The monoisotopic (exact) mass is 567 g/mol. The van der Waals surface area contributed by atoms with Gasteiger partial charge >= 0.3 is 12.2 Å². The van der Waals surface area contributed by atoms with Gasteiger partial charge in [0.15, 0.2) is 0 Å². The lowest BCUT2D eigenvalue weighted by molar-refractivity contribution is -0.122. The van der Waals surface area contributed by atoms with E-state index in [1.165, 1.54) is 0 Å². The van der Waals surface area contributed by atoms with Crippen LogP contribution in [-0.2, 0) is 0 Å². The molecule has 0 saturated heterocycles. The zero-order valence-electron chi connectivity index (χ0n) is 22.3. The Morgan fingerprint density at radius 3 is 2.54 bits per heavy atom. The number of imidazole rings is 1. The van der Waals surface area contributed by atoms with Gasteiger partial charge in [0, 0.05) is 30.1 Å². The lowest BCUT2D eigenvalue weighted by Gasteiger charge is -2.27. The molecule has 2 aromatic carbocycles. The number of aromatic nitrogens is 2. The smallest absolute Gasteiger partial charge is 0.393 e. The maximum absolute atomic E-state index is 12.6. The third kappa shape index (κ3) is 7.15. The predicted molar refractivity (Wildman–Crippen MR) is 149 cm³/mol. The minimum absolute atomic E-state index is 0.101. The Hall–Kier alpha value is -4.12. The minimum Gasteiger partial charge on any atom is -0.393 e. The summed E-state index contributed by atoms with van der Waals surface area (Å²) in [4.78, 5) is 29.0. The topological polar surface area (TPSA) is 108 Å². The van der Waals surface area contributed by atoms with E-state index in [1.54, 1.807) is 30.6 Å². The van der Waals surface area contributed by atoms with E-state index >= 15 is 0 Å². The van der Waals surface area contributed by atoms with Gasteiger partial charge in [-0.05, 0) is 54.3 Å². The Balaban J connectivity index is 1.21. The molecule has 3 aromatic rings. The number of carbonyl (C=O) groups excluding carboxylic acids is 2. The highest BCUT2D eigenvalue weighted by molar-refractivity contribution is 5.94. The third-order valence-corrected chi connectivity index (χ3v) is 7.59. The summed E-state index contributed by atoms with van der Waals surface area (Å²) in [5.41, 5.74) is 4.54. The number of alkyl halides is 3. The summed E-state index contributed by atoms with van der Waals surface area (Å²) in [6.45, 7) is -0.933. The van der Waals surface area contributed by atoms with Crippen molar-refractivity contribution in [2.24, 2.45) is 5.92 Å². The molecule has 1 heterocycles. The van der Waals surface area contributed by atoms with Crippen molar-refractivity contribution >= 4 is 23.0 Å².